The Balaban J connectivity index is -0.000000196. The number of aliphatic hydroxyl groups is 1. The molecule has 0 saturated carbocycles. The van der Waals surface area contributed by atoms with Crippen LogP contribution in [0, 0.1) is 27.7 Å². The average molecular weight is 1380 g/mol. The van der Waals surface area contributed by atoms with E-state index >= 15 is 0 Å². The minimum absolute atomic E-state index is 0.143. The second-order valence-electron chi connectivity index (χ2n) is 25.3. The Hall–Kier alpha value is -5.90. The number of benzene rings is 7. The standard InChI is InChI=1S/C14H22.C12H18O.2C12H18.2C11H16O.C11H16.7C2H6/c1-6-11(2)12-8-7-9-13(10-12)14(3,4)5;1-5-9(2)11-6-7-12(13-4)10(3)8-11;1-5-9(2)12-7-6-10(3)11(4)8-12;1-4-10(3)12-8-6-7-11(5-2)9-12;1-4-9(2)10-5-7-11(12-3)8-6-10;1-3-9(2)11-6-4-5-10(7-11)8-12;1-4-10(3)11-7-5-9(2)6-8-11;7*1-2/h7-11H,6H2,1-5H3;6-9H,5H2,1-4H3;6-9H,5H2,1-4H3;6-10H,4-5H2,1-3H3;5-9H,4H2,1-3H3;4-7,9,12H,3,8H2,1-2H3;5-8,10H,4H2,1-3H3;7*1-2H3. The normalized spacial score (nSPS) is 11.6. The maximum atomic E-state index is 8.92. The molecule has 7 atom stereocenters. The van der Waals surface area contributed by atoms with Crippen LogP contribution in [0.2, 0.25) is 0 Å². The molecule has 572 valence electrons. The van der Waals surface area contributed by atoms with E-state index in [1.807, 2.05) is 121 Å². The summed E-state index contributed by atoms with van der Waals surface area (Å²) in [6.45, 7) is 77.1. The molecule has 0 aromatic heterocycles. The summed E-state index contributed by atoms with van der Waals surface area (Å²) in [6, 6.07) is 56.4. The van der Waals surface area contributed by atoms with Gasteiger partial charge in [0.2, 0.25) is 0 Å². The summed E-state index contributed by atoms with van der Waals surface area (Å²) in [7, 11) is 3.41. The lowest BCUT2D eigenvalue weighted by Gasteiger charge is -2.21. The summed E-state index contributed by atoms with van der Waals surface area (Å²) >= 11 is 0. The molecule has 0 bridgehead atoms. The van der Waals surface area contributed by atoms with Gasteiger partial charge in [-0.25, -0.2) is 0 Å². The molecule has 7 rings (SSSR count). The van der Waals surface area contributed by atoms with E-state index in [1.54, 1.807) is 14.2 Å². The number of hydrogen-bond acceptors (Lipinski definition) is 3. The second-order valence-corrected chi connectivity index (χ2v) is 25.3. The van der Waals surface area contributed by atoms with E-state index in [4.69, 9.17) is 14.6 Å². The van der Waals surface area contributed by atoms with Crippen molar-refractivity contribution in [2.24, 2.45) is 0 Å². The molecule has 0 fully saturated rings. The predicted molar refractivity (Wildman–Crippen MR) is 462 cm³/mol. The zero-order valence-corrected chi connectivity index (χ0v) is 73.2. The average Bonchev–Trinajstić information content (AvgIpc) is 0.872. The third kappa shape index (κ3) is 48.1. The van der Waals surface area contributed by atoms with Crippen molar-refractivity contribution in [3.63, 3.8) is 0 Å². The van der Waals surface area contributed by atoms with Gasteiger partial charge in [0.05, 0.1) is 20.8 Å². The minimum atomic E-state index is 0.143. The van der Waals surface area contributed by atoms with Crippen LogP contribution in [0.15, 0.2) is 158 Å². The van der Waals surface area contributed by atoms with Crippen molar-refractivity contribution < 1.29 is 14.6 Å². The van der Waals surface area contributed by atoms with Crippen LogP contribution in [0.1, 0.15) is 386 Å². The first-order valence-corrected chi connectivity index (χ1v) is 40.2. The summed E-state index contributed by atoms with van der Waals surface area (Å²) in [5, 5.41) is 8.92. The Morgan fingerprint density at radius 2 is 0.610 bits per heavy atom. The van der Waals surface area contributed by atoms with Gasteiger partial charge in [0.1, 0.15) is 11.5 Å². The van der Waals surface area contributed by atoms with Gasteiger partial charge in [0.25, 0.3) is 0 Å². The highest BCUT2D eigenvalue weighted by Crippen LogP contribution is 2.29. The highest BCUT2D eigenvalue weighted by molar-refractivity contribution is 5.38. The lowest BCUT2D eigenvalue weighted by atomic mass is 9.84. The number of aryl methyl sites for hydroxylation is 5. The van der Waals surface area contributed by atoms with Gasteiger partial charge < -0.3 is 14.6 Å². The maximum Gasteiger partial charge on any atom is 0.121 e. The Labute approximate surface area is 626 Å². The predicted octanol–water partition coefficient (Wildman–Crippen LogP) is 32.2. The molecule has 7 aromatic rings. The van der Waals surface area contributed by atoms with Gasteiger partial charge in [-0.1, -0.05) is 367 Å². The summed E-state index contributed by atoms with van der Waals surface area (Å²) in [5.74, 6) is 6.58. The van der Waals surface area contributed by atoms with Crippen LogP contribution in [0.3, 0.4) is 0 Å². The van der Waals surface area contributed by atoms with Crippen molar-refractivity contribution in [3.8, 4) is 11.5 Å². The topological polar surface area (TPSA) is 38.7 Å². The fourth-order valence-corrected chi connectivity index (χ4v) is 9.19. The van der Waals surface area contributed by atoms with Crippen molar-refractivity contribution in [1.29, 1.82) is 0 Å². The Kier molecular flexibility index (Phi) is 75.4. The van der Waals surface area contributed by atoms with E-state index in [0.29, 0.717) is 41.4 Å². The van der Waals surface area contributed by atoms with Crippen LogP contribution in [-0.4, -0.2) is 19.3 Å². The molecule has 100 heavy (non-hydrogen) atoms. The monoisotopic (exact) mass is 1380 g/mol. The van der Waals surface area contributed by atoms with Crippen molar-refractivity contribution in [3.05, 3.63) is 236 Å². The van der Waals surface area contributed by atoms with Crippen LogP contribution in [0.4, 0.5) is 0 Å². The van der Waals surface area contributed by atoms with Gasteiger partial charge in [-0.05, 0) is 216 Å². The largest absolute Gasteiger partial charge is 0.497 e. The number of aliphatic hydroxyl groups excluding tert-OH is 1. The van der Waals surface area contributed by atoms with Crippen LogP contribution in [0.25, 0.3) is 0 Å². The van der Waals surface area contributed by atoms with E-state index in [1.165, 1.54) is 111 Å². The highest BCUT2D eigenvalue weighted by atomic mass is 16.5. The van der Waals surface area contributed by atoms with Crippen molar-refractivity contribution in [2.45, 2.75) is 354 Å². The van der Waals surface area contributed by atoms with E-state index in [0.717, 1.165) is 29.9 Å². The lowest BCUT2D eigenvalue weighted by molar-refractivity contribution is 0.281. The molecule has 0 heterocycles. The fourth-order valence-electron chi connectivity index (χ4n) is 9.19. The zero-order chi connectivity index (χ0) is 78.9. The van der Waals surface area contributed by atoms with Crippen molar-refractivity contribution >= 4 is 0 Å². The van der Waals surface area contributed by atoms with Gasteiger partial charge in [-0.2, -0.15) is 0 Å². The summed E-state index contributed by atoms with van der Waals surface area (Å²) < 4.78 is 10.3. The zero-order valence-electron chi connectivity index (χ0n) is 73.2. The molecular formula is C97H166O3. The molecule has 0 aliphatic heterocycles. The molecule has 3 nitrogen and oxygen atoms in total. The molecule has 0 saturated heterocycles. The van der Waals surface area contributed by atoms with Crippen LogP contribution < -0.4 is 9.47 Å². The molecule has 0 amide bonds. The highest BCUT2D eigenvalue weighted by Gasteiger charge is 2.15. The minimum Gasteiger partial charge on any atom is -0.497 e. The van der Waals surface area contributed by atoms with E-state index in [-0.39, 0.29) is 12.0 Å². The SMILES string of the molecule is CC.CC.CC.CC.CC.CC.CC.CCC(C)c1ccc(C)c(C)c1.CCC(C)c1ccc(C)cc1.CCC(C)c1ccc(OC)c(C)c1.CCC(C)c1ccc(OC)cc1.CCC(C)c1cccc(C(C)(C)C)c1.CCC(C)c1cccc(CO)c1.CCc1cccc(C(C)CC)c1. The smallest absolute Gasteiger partial charge is 0.121 e. The Morgan fingerprint density at radius 1 is 0.310 bits per heavy atom. The van der Waals surface area contributed by atoms with Crippen molar-refractivity contribution in [1.82, 2.24) is 0 Å². The summed E-state index contributed by atoms with van der Waals surface area (Å²) in [5.41, 5.74) is 19.5. The van der Waals surface area contributed by atoms with Crippen LogP contribution in [-0.2, 0) is 18.4 Å². The quantitative estimate of drug-likeness (QED) is 0.0931. The molecule has 0 spiro atoms. The lowest BCUT2D eigenvalue weighted by Crippen LogP contribution is -2.11. The summed E-state index contributed by atoms with van der Waals surface area (Å²) in [6.07, 6.45) is 9.56. The van der Waals surface area contributed by atoms with Gasteiger partial charge in [0.15, 0.2) is 0 Å². The third-order valence-electron chi connectivity index (χ3n) is 17.7. The number of ether oxygens (including phenoxy) is 2. The molecule has 7 aromatic carbocycles. The number of hydrogen-bond donors (Lipinski definition) is 1. The van der Waals surface area contributed by atoms with Gasteiger partial charge in [0, 0.05) is 0 Å². The van der Waals surface area contributed by atoms with Gasteiger partial charge >= 0.3 is 0 Å². The first kappa shape index (κ1) is 108. The van der Waals surface area contributed by atoms with Crippen molar-refractivity contribution in [2.75, 3.05) is 14.2 Å². The van der Waals surface area contributed by atoms with Gasteiger partial charge in [-0.3, -0.25) is 0 Å². The molecule has 0 radical (unpaired) electrons. The Bertz CT molecular complexity index is 2800. The first-order valence-electron chi connectivity index (χ1n) is 40.2. The molecular weight excluding hydrogens is 1210 g/mol. The Morgan fingerprint density at radius 3 is 0.930 bits per heavy atom. The van der Waals surface area contributed by atoms with E-state index < -0.39 is 0 Å². The van der Waals surface area contributed by atoms with E-state index in [2.05, 4.69) is 286 Å². The fraction of sp³-hybridized carbons (Fsp3) is 0.567. The maximum absolute atomic E-state index is 8.92. The third-order valence-corrected chi connectivity index (χ3v) is 17.7. The molecule has 3 heteroatoms. The van der Waals surface area contributed by atoms with E-state index in [9.17, 15) is 0 Å². The number of methoxy groups -OCH3 is 2. The van der Waals surface area contributed by atoms with Gasteiger partial charge in [-0.15, -0.1) is 0 Å². The summed E-state index contributed by atoms with van der Waals surface area (Å²) in [4.78, 5) is 0. The van der Waals surface area contributed by atoms with Crippen LogP contribution >= 0.6 is 0 Å². The second kappa shape index (κ2) is 70.2. The molecule has 1 N–H and O–H groups in total. The first-order chi connectivity index (χ1) is 47.8. The van der Waals surface area contributed by atoms with Crippen LogP contribution in [0.5, 0.6) is 11.5 Å². The molecule has 0 aliphatic carbocycles. The molecule has 7 unspecified atom stereocenters. The molecule has 0 aliphatic rings. The number of rotatable bonds is 18.